The summed E-state index contributed by atoms with van der Waals surface area (Å²) >= 11 is 1.38. The second-order valence-electron chi connectivity index (χ2n) is 6.67. The fourth-order valence-electron chi connectivity index (χ4n) is 2.74. The smallest absolute Gasteiger partial charge is 0.338 e. The molecule has 0 aliphatic carbocycles. The maximum Gasteiger partial charge on any atom is 0.338 e. The summed E-state index contributed by atoms with van der Waals surface area (Å²) in [5, 5.41) is 4.74. The van der Waals surface area contributed by atoms with E-state index in [2.05, 4.69) is 10.3 Å². The van der Waals surface area contributed by atoms with Gasteiger partial charge in [-0.05, 0) is 56.7 Å². The van der Waals surface area contributed by atoms with E-state index in [0.717, 1.165) is 21.5 Å². The summed E-state index contributed by atoms with van der Waals surface area (Å²) in [5.41, 5.74) is 3.02. The molecule has 3 rings (SSSR count). The second-order valence-corrected chi connectivity index (χ2v) is 7.66. The van der Waals surface area contributed by atoms with Gasteiger partial charge in [0.25, 0.3) is 0 Å². The van der Waals surface area contributed by atoms with Crippen molar-refractivity contribution in [3.8, 4) is 0 Å². The Hall–Kier alpha value is -2.86. The third-order valence-corrected chi connectivity index (χ3v) is 4.89. The predicted molar refractivity (Wildman–Crippen MR) is 113 cm³/mol. The van der Waals surface area contributed by atoms with Gasteiger partial charge < -0.3 is 10.1 Å². The van der Waals surface area contributed by atoms with Crippen LogP contribution in [-0.2, 0) is 9.53 Å². The van der Waals surface area contributed by atoms with Crippen LogP contribution in [0.1, 0.15) is 29.8 Å². The normalized spacial score (nSPS) is 10.9. The summed E-state index contributed by atoms with van der Waals surface area (Å²) in [6.07, 6.45) is -0.194. The lowest BCUT2D eigenvalue weighted by Gasteiger charge is -2.10. The van der Waals surface area contributed by atoms with Crippen LogP contribution < -0.4 is 5.32 Å². The van der Waals surface area contributed by atoms with Gasteiger partial charge in [0.15, 0.2) is 0 Å². The van der Waals surface area contributed by atoms with E-state index in [9.17, 15) is 9.59 Å². The number of thioether (sulfide) groups is 1. The Kier molecular flexibility index (Phi) is 6.31. The molecule has 2 aromatic carbocycles. The van der Waals surface area contributed by atoms with Crippen molar-refractivity contribution in [3.63, 3.8) is 0 Å². The summed E-state index contributed by atoms with van der Waals surface area (Å²) in [7, 11) is 0. The monoisotopic (exact) mass is 394 g/mol. The first kappa shape index (κ1) is 19.9. The van der Waals surface area contributed by atoms with Crippen LogP contribution >= 0.6 is 11.8 Å². The molecule has 1 N–H and O–H groups in total. The number of nitrogens with one attached hydrogen (secondary N) is 1. The van der Waals surface area contributed by atoms with Gasteiger partial charge in [-0.15, -0.1) is 0 Å². The van der Waals surface area contributed by atoms with E-state index in [1.807, 2.05) is 37.3 Å². The van der Waals surface area contributed by atoms with Gasteiger partial charge in [-0.25, -0.2) is 9.78 Å². The van der Waals surface area contributed by atoms with Gasteiger partial charge in [-0.2, -0.15) is 0 Å². The van der Waals surface area contributed by atoms with Gasteiger partial charge in [0, 0.05) is 11.1 Å². The number of carbonyl (C=O) groups excluding carboxylic acids is 2. The third-order valence-electron chi connectivity index (χ3n) is 3.98. The minimum absolute atomic E-state index is 0.160. The van der Waals surface area contributed by atoms with E-state index in [-0.39, 0.29) is 17.8 Å². The number of rotatable bonds is 6. The zero-order valence-electron chi connectivity index (χ0n) is 16.1. The number of anilines is 1. The Balaban J connectivity index is 1.63. The number of hydrogen-bond acceptors (Lipinski definition) is 5. The van der Waals surface area contributed by atoms with Crippen LogP contribution in [0.15, 0.2) is 59.6 Å². The topological polar surface area (TPSA) is 68.3 Å². The van der Waals surface area contributed by atoms with Crippen LogP contribution in [0, 0.1) is 6.92 Å². The van der Waals surface area contributed by atoms with Crippen molar-refractivity contribution < 1.29 is 14.3 Å². The highest BCUT2D eigenvalue weighted by Gasteiger charge is 2.11. The third kappa shape index (κ3) is 5.10. The standard InChI is InChI=1S/C22H22N2O3S/c1-14(2)27-22(26)16-7-6-8-17(12-16)23-20(25)13-28-21-11-15(3)18-9-4-5-10-19(18)24-21/h4-12,14H,13H2,1-3H3,(H,23,25). The first-order valence-electron chi connectivity index (χ1n) is 9.02. The number of carbonyl (C=O) groups is 2. The van der Waals surface area contributed by atoms with Crippen molar-refractivity contribution >= 4 is 40.2 Å². The van der Waals surface area contributed by atoms with Gasteiger partial charge in [0.2, 0.25) is 5.91 Å². The van der Waals surface area contributed by atoms with Crippen LogP contribution in [0.5, 0.6) is 0 Å². The van der Waals surface area contributed by atoms with Crippen molar-refractivity contribution in [1.82, 2.24) is 4.98 Å². The Bertz CT molecular complexity index is 1020. The van der Waals surface area contributed by atoms with Crippen LogP contribution in [0.3, 0.4) is 0 Å². The highest BCUT2D eigenvalue weighted by molar-refractivity contribution is 7.99. The van der Waals surface area contributed by atoms with E-state index in [4.69, 9.17) is 4.74 Å². The lowest BCUT2D eigenvalue weighted by Crippen LogP contribution is -2.15. The minimum atomic E-state index is -0.406. The number of para-hydroxylation sites is 1. The number of amides is 1. The molecule has 0 fully saturated rings. The Morgan fingerprint density at radius 2 is 1.89 bits per heavy atom. The van der Waals surface area contributed by atoms with E-state index >= 15 is 0 Å². The largest absolute Gasteiger partial charge is 0.459 e. The first-order chi connectivity index (χ1) is 13.4. The molecular weight excluding hydrogens is 372 g/mol. The fraction of sp³-hybridized carbons (Fsp3) is 0.227. The number of hydrogen-bond donors (Lipinski definition) is 1. The molecular formula is C22H22N2O3S. The van der Waals surface area contributed by atoms with Gasteiger partial charge in [-0.3, -0.25) is 4.79 Å². The molecule has 1 amide bonds. The lowest BCUT2D eigenvalue weighted by molar-refractivity contribution is -0.113. The zero-order valence-corrected chi connectivity index (χ0v) is 16.9. The zero-order chi connectivity index (χ0) is 20.1. The highest BCUT2D eigenvalue weighted by atomic mass is 32.2. The molecule has 28 heavy (non-hydrogen) atoms. The number of ether oxygens (including phenoxy) is 1. The van der Waals surface area contributed by atoms with E-state index in [0.29, 0.717) is 11.3 Å². The lowest BCUT2D eigenvalue weighted by atomic mass is 10.1. The summed E-state index contributed by atoms with van der Waals surface area (Å²) in [6.45, 7) is 5.63. The van der Waals surface area contributed by atoms with Crippen LogP contribution in [0.4, 0.5) is 5.69 Å². The Morgan fingerprint density at radius 1 is 1.11 bits per heavy atom. The van der Waals surface area contributed by atoms with Gasteiger partial charge >= 0.3 is 5.97 Å². The number of fused-ring (bicyclic) bond motifs is 1. The van der Waals surface area contributed by atoms with Crippen molar-refractivity contribution in [1.29, 1.82) is 0 Å². The quantitative estimate of drug-likeness (QED) is 0.479. The van der Waals surface area contributed by atoms with Crippen molar-refractivity contribution in [2.24, 2.45) is 0 Å². The number of aromatic nitrogens is 1. The molecule has 0 saturated carbocycles. The molecule has 0 aliphatic rings. The molecule has 0 saturated heterocycles. The van der Waals surface area contributed by atoms with E-state index in [1.54, 1.807) is 38.1 Å². The molecule has 3 aromatic rings. The SMILES string of the molecule is Cc1cc(SCC(=O)Nc2cccc(C(=O)OC(C)C)c2)nc2ccccc12. The average Bonchev–Trinajstić information content (AvgIpc) is 2.66. The van der Waals surface area contributed by atoms with Crippen LogP contribution in [0.2, 0.25) is 0 Å². The van der Waals surface area contributed by atoms with E-state index in [1.165, 1.54) is 11.8 Å². The molecule has 144 valence electrons. The number of pyridine rings is 1. The van der Waals surface area contributed by atoms with Crippen molar-refractivity contribution in [2.75, 3.05) is 11.1 Å². The van der Waals surface area contributed by atoms with Crippen molar-refractivity contribution in [3.05, 3.63) is 65.7 Å². The van der Waals surface area contributed by atoms with Crippen LogP contribution in [0.25, 0.3) is 10.9 Å². The number of aryl methyl sites for hydroxylation is 1. The predicted octanol–water partition coefficient (Wildman–Crippen LogP) is 4.84. The maximum absolute atomic E-state index is 12.3. The summed E-state index contributed by atoms with van der Waals surface area (Å²) in [5.74, 6) is -0.339. The molecule has 1 aromatic heterocycles. The molecule has 0 unspecified atom stereocenters. The molecule has 6 heteroatoms. The number of benzene rings is 2. The summed E-state index contributed by atoms with van der Waals surface area (Å²) in [4.78, 5) is 28.9. The maximum atomic E-state index is 12.3. The fourth-order valence-corrected chi connectivity index (χ4v) is 3.51. The average molecular weight is 394 g/mol. The summed E-state index contributed by atoms with van der Waals surface area (Å²) < 4.78 is 5.18. The minimum Gasteiger partial charge on any atom is -0.459 e. The number of nitrogens with zero attached hydrogens (tertiary/aromatic N) is 1. The molecule has 5 nitrogen and oxygen atoms in total. The highest BCUT2D eigenvalue weighted by Crippen LogP contribution is 2.23. The van der Waals surface area contributed by atoms with Gasteiger partial charge in [-0.1, -0.05) is 36.0 Å². The molecule has 0 aliphatic heterocycles. The first-order valence-corrected chi connectivity index (χ1v) is 10.0. The van der Waals surface area contributed by atoms with E-state index < -0.39 is 5.97 Å². The van der Waals surface area contributed by atoms with Gasteiger partial charge in [0.05, 0.1) is 28.0 Å². The molecule has 0 bridgehead atoms. The molecule has 0 atom stereocenters. The molecule has 1 heterocycles. The van der Waals surface area contributed by atoms with Gasteiger partial charge in [0.1, 0.15) is 0 Å². The Morgan fingerprint density at radius 3 is 2.68 bits per heavy atom. The van der Waals surface area contributed by atoms with Crippen molar-refractivity contribution in [2.45, 2.75) is 31.9 Å². The molecule has 0 spiro atoms. The second kappa shape index (κ2) is 8.89. The summed E-state index contributed by atoms with van der Waals surface area (Å²) in [6, 6.07) is 16.7. The molecule has 0 radical (unpaired) electrons. The number of esters is 1. The Labute approximate surface area is 168 Å². The van der Waals surface area contributed by atoms with Crippen LogP contribution in [-0.4, -0.2) is 28.7 Å².